The molecule has 0 bridgehead atoms. The molecule has 0 radical (unpaired) electrons. The van der Waals surface area contributed by atoms with E-state index in [0.29, 0.717) is 6.42 Å². The number of aromatic nitrogens is 3. The minimum Gasteiger partial charge on any atom is -0.481 e. The number of nitrogens with zero attached hydrogens (tertiary/aromatic N) is 3. The molecular formula is C25H31F4N5O4. The number of halogens is 4. The van der Waals surface area contributed by atoms with Crippen LogP contribution >= 0.6 is 0 Å². The first-order chi connectivity index (χ1) is 17.8. The van der Waals surface area contributed by atoms with Crippen LogP contribution in [0.1, 0.15) is 56.4 Å². The molecule has 208 valence electrons. The van der Waals surface area contributed by atoms with Crippen molar-refractivity contribution in [1.82, 2.24) is 25.4 Å². The second-order valence-corrected chi connectivity index (χ2v) is 10.3. The molecule has 13 heteroatoms. The molecule has 3 heterocycles. The molecular weight excluding hydrogens is 510 g/mol. The number of methoxy groups -OCH3 is 1. The first kappa shape index (κ1) is 27.8. The fourth-order valence-corrected chi connectivity index (χ4v) is 5.28. The van der Waals surface area contributed by atoms with Crippen molar-refractivity contribution in [3.05, 3.63) is 29.8 Å². The number of carbonyl (C=O) groups excluding carboxylic acids is 2. The van der Waals surface area contributed by atoms with Crippen molar-refractivity contribution in [2.45, 2.75) is 69.8 Å². The van der Waals surface area contributed by atoms with Crippen LogP contribution in [0.4, 0.5) is 17.6 Å². The third kappa shape index (κ3) is 5.47. The van der Waals surface area contributed by atoms with Gasteiger partial charge in [-0.05, 0) is 51.0 Å². The van der Waals surface area contributed by atoms with Gasteiger partial charge in [-0.25, -0.2) is 9.37 Å². The number of carbonyl (C=O) groups is 2. The Bertz CT molecular complexity index is 1180. The van der Waals surface area contributed by atoms with E-state index in [1.165, 1.54) is 19.2 Å². The number of H-pyrrole nitrogens is 1. The second-order valence-electron chi connectivity index (χ2n) is 10.3. The number of amides is 2. The summed E-state index contributed by atoms with van der Waals surface area (Å²) < 4.78 is 58.5. The molecule has 1 aliphatic heterocycles. The topological polar surface area (TPSA) is 120 Å². The summed E-state index contributed by atoms with van der Waals surface area (Å²) in [7, 11) is 1.40. The van der Waals surface area contributed by atoms with Crippen LogP contribution in [0.15, 0.2) is 18.3 Å². The SMILES string of the molecule is COc1cc(-c2cc(C(=O)N3C[C@H](C)C(C(=O)N[C@H]4CC[C@@](O)(C(F)(F)F)CC4)C[C@H]3C)n[nH]2)c(F)cn1. The molecule has 9 nitrogen and oxygen atoms in total. The summed E-state index contributed by atoms with van der Waals surface area (Å²) in [6, 6.07) is 2.08. The maximum Gasteiger partial charge on any atom is 0.417 e. The predicted octanol–water partition coefficient (Wildman–Crippen LogP) is 3.46. The van der Waals surface area contributed by atoms with E-state index in [1.807, 2.05) is 13.8 Å². The molecule has 2 aromatic heterocycles. The Morgan fingerprint density at radius 3 is 2.55 bits per heavy atom. The highest BCUT2D eigenvalue weighted by Crippen LogP contribution is 2.41. The maximum absolute atomic E-state index is 14.3. The lowest BCUT2D eigenvalue weighted by Crippen LogP contribution is -2.54. The lowest BCUT2D eigenvalue weighted by Gasteiger charge is -2.42. The lowest BCUT2D eigenvalue weighted by molar-refractivity contribution is -0.270. The van der Waals surface area contributed by atoms with E-state index in [2.05, 4.69) is 20.5 Å². The third-order valence-electron chi connectivity index (χ3n) is 7.71. The number of piperidine rings is 1. The quantitative estimate of drug-likeness (QED) is 0.499. The molecule has 1 unspecified atom stereocenters. The molecule has 3 atom stereocenters. The standard InChI is InChI=1S/C25H31F4N5O4/c1-13-12-34(23(36)20-10-19(32-33-20)17-9-21(38-3)30-11-18(17)26)14(2)8-16(13)22(35)31-15-4-6-24(37,7-5-15)25(27,28)29/h9-11,13-16,37H,4-8,12H2,1-3H3,(H,31,35)(H,32,33)/t13-,14+,15-,16?,24-/m0/s1. The third-order valence-corrected chi connectivity index (χ3v) is 7.71. The van der Waals surface area contributed by atoms with E-state index in [9.17, 15) is 32.3 Å². The average molecular weight is 542 g/mol. The van der Waals surface area contributed by atoms with Gasteiger partial charge in [0.1, 0.15) is 0 Å². The zero-order valence-corrected chi connectivity index (χ0v) is 21.3. The molecule has 2 aromatic rings. The first-order valence-corrected chi connectivity index (χ1v) is 12.5. The fourth-order valence-electron chi connectivity index (χ4n) is 5.28. The van der Waals surface area contributed by atoms with Crippen LogP contribution in [0.5, 0.6) is 5.88 Å². The number of alkyl halides is 3. The average Bonchev–Trinajstić information content (AvgIpc) is 3.36. The molecule has 2 fully saturated rings. The Kier molecular flexibility index (Phi) is 7.69. The minimum atomic E-state index is -4.69. The number of aromatic amines is 1. The Morgan fingerprint density at radius 1 is 1.24 bits per heavy atom. The van der Waals surface area contributed by atoms with Crippen molar-refractivity contribution in [2.75, 3.05) is 13.7 Å². The van der Waals surface area contributed by atoms with Gasteiger partial charge in [0.2, 0.25) is 11.8 Å². The van der Waals surface area contributed by atoms with Crippen LogP contribution < -0.4 is 10.1 Å². The molecule has 2 aliphatic rings. The van der Waals surface area contributed by atoms with Crippen molar-refractivity contribution in [1.29, 1.82) is 0 Å². The van der Waals surface area contributed by atoms with Crippen LogP contribution in [0.25, 0.3) is 11.3 Å². The molecule has 1 saturated heterocycles. The van der Waals surface area contributed by atoms with Crippen LogP contribution in [0, 0.1) is 17.7 Å². The zero-order chi connectivity index (χ0) is 27.8. The molecule has 1 saturated carbocycles. The number of rotatable bonds is 5. The van der Waals surface area contributed by atoms with Gasteiger partial charge in [0.25, 0.3) is 5.91 Å². The number of nitrogens with one attached hydrogen (secondary N) is 2. The van der Waals surface area contributed by atoms with Crippen molar-refractivity contribution < 1.29 is 37.0 Å². The van der Waals surface area contributed by atoms with Gasteiger partial charge in [-0.1, -0.05) is 6.92 Å². The van der Waals surface area contributed by atoms with E-state index in [4.69, 9.17) is 4.74 Å². The van der Waals surface area contributed by atoms with Gasteiger partial charge in [-0.2, -0.15) is 18.3 Å². The van der Waals surface area contributed by atoms with Crippen LogP contribution in [-0.4, -0.2) is 74.5 Å². The van der Waals surface area contributed by atoms with Gasteiger partial charge in [0.15, 0.2) is 17.1 Å². The monoisotopic (exact) mass is 541 g/mol. The van der Waals surface area contributed by atoms with E-state index in [0.717, 1.165) is 6.20 Å². The highest BCUT2D eigenvalue weighted by atomic mass is 19.4. The lowest BCUT2D eigenvalue weighted by atomic mass is 9.80. The van der Waals surface area contributed by atoms with Crippen molar-refractivity contribution in [3.8, 4) is 17.1 Å². The first-order valence-electron chi connectivity index (χ1n) is 12.5. The van der Waals surface area contributed by atoms with Crippen molar-refractivity contribution >= 4 is 11.8 Å². The zero-order valence-electron chi connectivity index (χ0n) is 21.3. The van der Waals surface area contributed by atoms with Gasteiger partial charge < -0.3 is 20.1 Å². The Morgan fingerprint density at radius 2 is 1.92 bits per heavy atom. The van der Waals surface area contributed by atoms with Crippen LogP contribution in [0.2, 0.25) is 0 Å². The summed E-state index contributed by atoms with van der Waals surface area (Å²) in [4.78, 5) is 31.7. The smallest absolute Gasteiger partial charge is 0.417 e. The summed E-state index contributed by atoms with van der Waals surface area (Å²) in [5.41, 5.74) is -2.18. The number of likely N-dealkylation sites (tertiary alicyclic amines) is 1. The maximum atomic E-state index is 14.3. The van der Waals surface area contributed by atoms with Crippen LogP contribution in [0.3, 0.4) is 0 Å². The summed E-state index contributed by atoms with van der Waals surface area (Å²) in [6.45, 7) is 3.93. The number of aliphatic hydroxyl groups is 1. The highest BCUT2D eigenvalue weighted by molar-refractivity contribution is 5.94. The summed E-state index contributed by atoms with van der Waals surface area (Å²) in [5.74, 6) is -1.68. The Labute approximate surface area is 217 Å². The largest absolute Gasteiger partial charge is 0.481 e. The van der Waals surface area contributed by atoms with Gasteiger partial charge >= 0.3 is 6.18 Å². The molecule has 1 aliphatic carbocycles. The van der Waals surface area contributed by atoms with E-state index < -0.39 is 42.4 Å². The Hall–Kier alpha value is -3.22. The van der Waals surface area contributed by atoms with Gasteiger partial charge in [0.05, 0.1) is 19.0 Å². The molecule has 38 heavy (non-hydrogen) atoms. The summed E-state index contributed by atoms with van der Waals surface area (Å²) in [6.07, 6.45) is -4.15. The number of pyridine rings is 1. The molecule has 3 N–H and O–H groups in total. The number of ether oxygens (including phenoxy) is 1. The minimum absolute atomic E-state index is 0.0362. The molecule has 0 aromatic carbocycles. The predicted molar refractivity (Wildman–Crippen MR) is 128 cm³/mol. The summed E-state index contributed by atoms with van der Waals surface area (Å²) in [5, 5.41) is 19.4. The van der Waals surface area contributed by atoms with Gasteiger partial charge in [0, 0.05) is 36.2 Å². The summed E-state index contributed by atoms with van der Waals surface area (Å²) >= 11 is 0. The normalized spacial score (nSPS) is 28.2. The number of hydrogen-bond acceptors (Lipinski definition) is 6. The molecule has 4 rings (SSSR count). The van der Waals surface area contributed by atoms with Crippen LogP contribution in [-0.2, 0) is 4.79 Å². The van der Waals surface area contributed by atoms with Crippen molar-refractivity contribution in [2.24, 2.45) is 11.8 Å². The number of hydrogen-bond donors (Lipinski definition) is 3. The van der Waals surface area contributed by atoms with E-state index in [-0.39, 0.29) is 66.0 Å². The van der Waals surface area contributed by atoms with Crippen molar-refractivity contribution in [3.63, 3.8) is 0 Å². The van der Waals surface area contributed by atoms with Gasteiger partial charge in [-0.15, -0.1) is 0 Å². The second kappa shape index (κ2) is 10.5. The van der Waals surface area contributed by atoms with E-state index in [1.54, 1.807) is 4.90 Å². The fraction of sp³-hybridized carbons (Fsp3) is 0.600. The Balaban J connectivity index is 1.37. The molecule has 0 spiro atoms. The highest BCUT2D eigenvalue weighted by Gasteiger charge is 2.54. The van der Waals surface area contributed by atoms with Gasteiger partial charge in [-0.3, -0.25) is 14.7 Å². The molecule has 2 amide bonds. The van der Waals surface area contributed by atoms with E-state index >= 15 is 0 Å².